The molecule has 0 spiro atoms. The number of carbonyl (C=O) groups excluding carboxylic acids is 1. The number of carbonyl (C=O) groups is 1. The van der Waals surface area contributed by atoms with Crippen LogP contribution in [0.2, 0.25) is 5.02 Å². The fourth-order valence-corrected chi connectivity index (χ4v) is 4.72. The highest BCUT2D eigenvalue weighted by Gasteiger charge is 2.37. The standard InChI is InChI=1S/C22H24ClN5O2S/c1-4-18-25-26-22-28(18)27-19(14-7-10-16(11-8-14)30-5-2)20(31-22)21(29)24-17-12-15(23)9-6-13(17)3/h6-12,19-20,27H,4-5H2,1-3H3,(H,24,29). The van der Waals surface area contributed by atoms with Crippen LogP contribution in [0.3, 0.4) is 0 Å². The predicted molar refractivity (Wildman–Crippen MR) is 124 cm³/mol. The average Bonchev–Trinajstić information content (AvgIpc) is 3.18. The molecule has 4 rings (SSSR count). The molecular formula is C22H24ClN5O2S. The Bertz CT molecular complexity index is 1090. The summed E-state index contributed by atoms with van der Waals surface area (Å²) in [5.41, 5.74) is 6.07. The van der Waals surface area contributed by atoms with E-state index in [1.807, 2.05) is 55.8 Å². The van der Waals surface area contributed by atoms with Crippen LogP contribution in [0, 0.1) is 6.92 Å². The number of hydrogen-bond acceptors (Lipinski definition) is 6. The summed E-state index contributed by atoms with van der Waals surface area (Å²) < 4.78 is 7.44. The van der Waals surface area contributed by atoms with E-state index in [4.69, 9.17) is 16.3 Å². The number of hydrogen-bond donors (Lipinski definition) is 2. The van der Waals surface area contributed by atoms with Crippen LogP contribution < -0.4 is 15.5 Å². The van der Waals surface area contributed by atoms with Crippen molar-refractivity contribution in [3.63, 3.8) is 0 Å². The van der Waals surface area contributed by atoms with Crippen molar-refractivity contribution in [2.24, 2.45) is 0 Å². The second kappa shape index (κ2) is 9.20. The minimum atomic E-state index is -0.460. The highest BCUT2D eigenvalue weighted by Crippen LogP contribution is 2.38. The van der Waals surface area contributed by atoms with E-state index >= 15 is 0 Å². The molecule has 1 aliphatic heterocycles. The lowest BCUT2D eigenvalue weighted by atomic mass is 10.0. The molecule has 1 amide bonds. The second-order valence-electron chi connectivity index (χ2n) is 7.18. The fourth-order valence-electron chi connectivity index (χ4n) is 3.45. The molecule has 2 aromatic carbocycles. The van der Waals surface area contributed by atoms with Crippen LogP contribution in [-0.4, -0.2) is 32.6 Å². The van der Waals surface area contributed by atoms with Gasteiger partial charge in [0, 0.05) is 17.1 Å². The minimum Gasteiger partial charge on any atom is -0.494 e. The Labute approximate surface area is 190 Å². The Morgan fingerprint density at radius 3 is 2.71 bits per heavy atom. The van der Waals surface area contributed by atoms with Crippen LogP contribution in [0.25, 0.3) is 0 Å². The molecule has 0 saturated carbocycles. The number of amides is 1. The molecule has 3 aromatic rings. The van der Waals surface area contributed by atoms with Gasteiger partial charge in [0.15, 0.2) is 5.82 Å². The minimum absolute atomic E-state index is 0.131. The number of thioether (sulfide) groups is 1. The number of nitrogens with one attached hydrogen (secondary N) is 2. The largest absolute Gasteiger partial charge is 0.494 e. The Morgan fingerprint density at radius 1 is 1.23 bits per heavy atom. The van der Waals surface area contributed by atoms with Crippen LogP contribution in [0.1, 0.15) is 36.8 Å². The van der Waals surface area contributed by atoms with E-state index in [2.05, 4.69) is 20.9 Å². The molecule has 7 nitrogen and oxygen atoms in total. The second-order valence-corrected chi connectivity index (χ2v) is 8.73. The van der Waals surface area contributed by atoms with Crippen LogP contribution in [-0.2, 0) is 11.2 Å². The SMILES string of the molecule is CCOc1ccc(C2Nn3c(CC)nnc3SC2C(=O)Nc2cc(Cl)ccc2C)cc1. The van der Waals surface area contributed by atoms with Gasteiger partial charge in [-0.2, -0.15) is 0 Å². The van der Waals surface area contributed by atoms with Gasteiger partial charge in [-0.15, -0.1) is 10.2 Å². The monoisotopic (exact) mass is 457 g/mol. The van der Waals surface area contributed by atoms with Crippen molar-refractivity contribution in [2.45, 2.75) is 43.6 Å². The molecule has 31 heavy (non-hydrogen) atoms. The third-order valence-electron chi connectivity index (χ3n) is 5.09. The summed E-state index contributed by atoms with van der Waals surface area (Å²) in [6.07, 6.45) is 0.731. The molecule has 0 radical (unpaired) electrons. The van der Waals surface area contributed by atoms with Crippen molar-refractivity contribution in [3.05, 3.63) is 64.4 Å². The Kier molecular flexibility index (Phi) is 6.38. The molecule has 2 unspecified atom stereocenters. The maximum atomic E-state index is 13.4. The molecule has 0 saturated heterocycles. The fraction of sp³-hybridized carbons (Fsp3) is 0.318. The summed E-state index contributed by atoms with van der Waals surface area (Å²) in [5, 5.41) is 12.3. The van der Waals surface area contributed by atoms with Gasteiger partial charge in [-0.3, -0.25) is 4.79 Å². The van der Waals surface area contributed by atoms with E-state index in [1.165, 1.54) is 11.8 Å². The first-order valence-corrected chi connectivity index (χ1v) is 11.4. The molecule has 0 aliphatic carbocycles. The first-order valence-electron chi connectivity index (χ1n) is 10.2. The zero-order valence-corrected chi connectivity index (χ0v) is 19.1. The number of nitrogens with zero attached hydrogens (tertiary/aromatic N) is 3. The van der Waals surface area contributed by atoms with E-state index in [9.17, 15) is 4.79 Å². The molecule has 2 N–H and O–H groups in total. The smallest absolute Gasteiger partial charge is 0.240 e. The number of ether oxygens (including phenoxy) is 1. The van der Waals surface area contributed by atoms with Gasteiger partial charge in [-0.25, -0.2) is 4.68 Å². The van der Waals surface area contributed by atoms with Gasteiger partial charge < -0.3 is 15.5 Å². The van der Waals surface area contributed by atoms with Crippen molar-refractivity contribution in [2.75, 3.05) is 17.3 Å². The number of rotatable bonds is 6. The van der Waals surface area contributed by atoms with Crippen molar-refractivity contribution < 1.29 is 9.53 Å². The lowest BCUT2D eigenvalue weighted by Gasteiger charge is -2.33. The van der Waals surface area contributed by atoms with E-state index in [0.717, 1.165) is 29.1 Å². The maximum Gasteiger partial charge on any atom is 0.240 e. The normalized spacial score (nSPS) is 17.5. The third-order valence-corrected chi connectivity index (χ3v) is 6.54. The van der Waals surface area contributed by atoms with E-state index < -0.39 is 5.25 Å². The molecule has 1 aliphatic rings. The third kappa shape index (κ3) is 4.50. The van der Waals surface area contributed by atoms with Crippen molar-refractivity contribution in [3.8, 4) is 5.75 Å². The maximum absolute atomic E-state index is 13.4. The first-order chi connectivity index (χ1) is 15.0. The Hall–Kier alpha value is -2.71. The lowest BCUT2D eigenvalue weighted by Crippen LogP contribution is -2.41. The lowest BCUT2D eigenvalue weighted by molar-refractivity contribution is -0.116. The number of aromatic nitrogens is 3. The molecule has 2 heterocycles. The number of aryl methyl sites for hydroxylation is 2. The van der Waals surface area contributed by atoms with E-state index in [0.29, 0.717) is 22.5 Å². The van der Waals surface area contributed by atoms with Crippen molar-refractivity contribution >= 4 is 35.0 Å². The summed E-state index contributed by atoms with van der Waals surface area (Å²) in [5.74, 6) is 1.49. The van der Waals surface area contributed by atoms with Gasteiger partial charge in [0.2, 0.25) is 11.1 Å². The van der Waals surface area contributed by atoms with Crippen LogP contribution in [0.4, 0.5) is 5.69 Å². The van der Waals surface area contributed by atoms with Crippen molar-refractivity contribution in [1.29, 1.82) is 0 Å². The van der Waals surface area contributed by atoms with Gasteiger partial charge in [-0.05, 0) is 49.2 Å². The topological polar surface area (TPSA) is 81.1 Å². The number of halogens is 1. The summed E-state index contributed by atoms with van der Waals surface area (Å²) >= 11 is 7.53. The molecule has 0 bridgehead atoms. The number of benzene rings is 2. The van der Waals surface area contributed by atoms with Crippen molar-refractivity contribution in [1.82, 2.24) is 14.9 Å². The van der Waals surface area contributed by atoms with E-state index in [-0.39, 0.29) is 11.9 Å². The van der Waals surface area contributed by atoms with Gasteiger partial charge in [0.25, 0.3) is 0 Å². The van der Waals surface area contributed by atoms with Crippen LogP contribution in [0.5, 0.6) is 5.75 Å². The summed E-state index contributed by atoms with van der Waals surface area (Å²) in [6, 6.07) is 13.0. The highest BCUT2D eigenvalue weighted by molar-refractivity contribution is 8.00. The number of fused-ring (bicyclic) bond motifs is 1. The zero-order valence-electron chi connectivity index (χ0n) is 17.6. The van der Waals surface area contributed by atoms with E-state index in [1.54, 1.807) is 12.1 Å². The molecule has 2 atom stereocenters. The average molecular weight is 458 g/mol. The molecule has 1 aromatic heterocycles. The summed E-state index contributed by atoms with van der Waals surface area (Å²) in [7, 11) is 0. The highest BCUT2D eigenvalue weighted by atomic mass is 35.5. The molecule has 162 valence electrons. The first kappa shape index (κ1) is 21.5. The Balaban J connectivity index is 1.66. The molecule has 9 heteroatoms. The van der Waals surface area contributed by atoms with Gasteiger partial charge in [0.05, 0.1) is 12.6 Å². The summed E-state index contributed by atoms with van der Waals surface area (Å²) in [4.78, 5) is 13.4. The molecular weight excluding hydrogens is 434 g/mol. The predicted octanol–water partition coefficient (Wildman–Crippen LogP) is 4.60. The molecule has 0 fully saturated rings. The van der Waals surface area contributed by atoms with Gasteiger partial charge in [0.1, 0.15) is 11.0 Å². The van der Waals surface area contributed by atoms with Gasteiger partial charge in [-0.1, -0.05) is 48.5 Å². The van der Waals surface area contributed by atoms with Crippen LogP contribution in [0.15, 0.2) is 47.6 Å². The number of anilines is 1. The zero-order chi connectivity index (χ0) is 22.0. The Morgan fingerprint density at radius 2 is 2.00 bits per heavy atom. The van der Waals surface area contributed by atoms with Crippen LogP contribution >= 0.6 is 23.4 Å². The summed E-state index contributed by atoms with van der Waals surface area (Å²) in [6.45, 7) is 6.51. The van der Waals surface area contributed by atoms with Gasteiger partial charge >= 0.3 is 0 Å². The quantitative estimate of drug-likeness (QED) is 0.563.